The summed E-state index contributed by atoms with van der Waals surface area (Å²) in [6, 6.07) is 10.4. The van der Waals surface area contributed by atoms with Crippen LogP contribution >= 0.6 is 0 Å². The van der Waals surface area contributed by atoms with Gasteiger partial charge in [0, 0.05) is 5.92 Å². The minimum absolute atomic E-state index is 0.0145. The van der Waals surface area contributed by atoms with Gasteiger partial charge in [-0.2, -0.15) is 13.2 Å². The number of primary sulfonamides is 1. The van der Waals surface area contributed by atoms with E-state index in [0.29, 0.717) is 17.5 Å². The first-order chi connectivity index (χ1) is 13.0. The Bertz CT molecular complexity index is 971. The summed E-state index contributed by atoms with van der Waals surface area (Å²) in [5, 5.41) is 7.91. The lowest BCUT2D eigenvalue weighted by Crippen LogP contribution is -2.28. The molecule has 2 aromatic carbocycles. The van der Waals surface area contributed by atoms with Crippen LogP contribution in [0.5, 0.6) is 0 Å². The summed E-state index contributed by atoms with van der Waals surface area (Å²) < 4.78 is 60.5. The van der Waals surface area contributed by atoms with Crippen LogP contribution in [0.3, 0.4) is 0 Å². The number of alkyl halides is 3. The third kappa shape index (κ3) is 4.53. The van der Waals surface area contributed by atoms with Crippen LogP contribution in [0.15, 0.2) is 53.4 Å². The number of rotatable bonds is 5. The van der Waals surface area contributed by atoms with Crippen LogP contribution in [0, 0.1) is 5.92 Å². The molecular formula is C19H19F3N2O3S. The van der Waals surface area contributed by atoms with Crippen LogP contribution in [0.2, 0.25) is 0 Å². The molecule has 0 bridgehead atoms. The SMILES string of the molecule is CC(NC(=O)C1CC1c1ccc(C(F)(F)F)cc1)c1ccc(S(N)(=O)=O)cc1. The number of sulfonamides is 1. The molecule has 2 aromatic rings. The zero-order valence-electron chi connectivity index (χ0n) is 14.9. The molecule has 3 atom stereocenters. The number of nitrogens with one attached hydrogen (secondary N) is 1. The van der Waals surface area contributed by atoms with Crippen LogP contribution in [0.25, 0.3) is 0 Å². The second kappa shape index (κ2) is 7.21. The molecule has 5 nitrogen and oxygen atoms in total. The van der Waals surface area contributed by atoms with Crippen molar-refractivity contribution in [2.24, 2.45) is 11.1 Å². The third-order valence-electron chi connectivity index (χ3n) is 4.86. The molecule has 0 saturated heterocycles. The van der Waals surface area contributed by atoms with Crippen molar-refractivity contribution in [2.45, 2.75) is 36.4 Å². The molecule has 150 valence electrons. The van der Waals surface area contributed by atoms with E-state index in [4.69, 9.17) is 5.14 Å². The molecule has 3 rings (SSSR count). The fourth-order valence-electron chi connectivity index (χ4n) is 3.12. The predicted octanol–water partition coefficient (Wildman–Crippen LogP) is 3.33. The smallest absolute Gasteiger partial charge is 0.349 e. The maximum atomic E-state index is 12.6. The Morgan fingerprint density at radius 1 is 1.11 bits per heavy atom. The quantitative estimate of drug-likeness (QED) is 0.789. The maximum absolute atomic E-state index is 12.6. The zero-order valence-corrected chi connectivity index (χ0v) is 15.7. The number of nitrogens with two attached hydrogens (primary N) is 1. The van der Waals surface area contributed by atoms with E-state index in [0.717, 1.165) is 12.1 Å². The van der Waals surface area contributed by atoms with Gasteiger partial charge in [0.05, 0.1) is 16.5 Å². The Hall–Kier alpha value is -2.39. The monoisotopic (exact) mass is 412 g/mol. The van der Waals surface area contributed by atoms with Crippen molar-refractivity contribution in [3.05, 3.63) is 65.2 Å². The Morgan fingerprint density at radius 3 is 2.18 bits per heavy atom. The Kier molecular flexibility index (Phi) is 5.24. The van der Waals surface area contributed by atoms with E-state index in [2.05, 4.69) is 5.32 Å². The van der Waals surface area contributed by atoms with Gasteiger partial charge in [0.1, 0.15) is 0 Å². The van der Waals surface area contributed by atoms with Gasteiger partial charge in [0.2, 0.25) is 15.9 Å². The summed E-state index contributed by atoms with van der Waals surface area (Å²) in [5.74, 6) is -0.574. The molecule has 3 unspecified atom stereocenters. The number of hydrogen-bond donors (Lipinski definition) is 2. The van der Waals surface area contributed by atoms with E-state index in [1.165, 1.54) is 24.3 Å². The van der Waals surface area contributed by atoms with Gasteiger partial charge in [0.25, 0.3) is 0 Å². The molecule has 1 amide bonds. The van der Waals surface area contributed by atoms with E-state index >= 15 is 0 Å². The minimum atomic E-state index is -4.38. The van der Waals surface area contributed by atoms with Gasteiger partial charge in [-0.15, -0.1) is 0 Å². The summed E-state index contributed by atoms with van der Waals surface area (Å²) in [7, 11) is -3.78. The van der Waals surface area contributed by atoms with E-state index in [1.54, 1.807) is 19.1 Å². The van der Waals surface area contributed by atoms with E-state index in [1.807, 2.05) is 0 Å². The normalized spacial score (nSPS) is 20.5. The van der Waals surface area contributed by atoms with Crippen molar-refractivity contribution >= 4 is 15.9 Å². The fourth-order valence-corrected chi connectivity index (χ4v) is 3.64. The number of halogens is 3. The fraction of sp³-hybridized carbons (Fsp3) is 0.316. The lowest BCUT2D eigenvalue weighted by atomic mass is 10.1. The molecule has 1 aliphatic carbocycles. The van der Waals surface area contributed by atoms with E-state index in [-0.39, 0.29) is 28.7 Å². The highest BCUT2D eigenvalue weighted by Gasteiger charge is 2.44. The average molecular weight is 412 g/mol. The molecule has 0 aromatic heterocycles. The molecule has 9 heteroatoms. The van der Waals surface area contributed by atoms with E-state index in [9.17, 15) is 26.4 Å². The first kappa shape index (κ1) is 20.3. The summed E-state index contributed by atoms with van der Waals surface area (Å²) in [6.07, 6.45) is -3.80. The summed E-state index contributed by atoms with van der Waals surface area (Å²) in [5.41, 5.74) is 0.709. The maximum Gasteiger partial charge on any atom is 0.416 e. The molecule has 0 aliphatic heterocycles. The van der Waals surface area contributed by atoms with Gasteiger partial charge in [0.15, 0.2) is 0 Å². The van der Waals surface area contributed by atoms with Gasteiger partial charge in [-0.05, 0) is 54.7 Å². The standard InChI is InChI=1S/C19H19F3N2O3S/c1-11(12-4-8-15(9-5-12)28(23,26)27)24-18(25)17-10-16(17)13-2-6-14(7-3-13)19(20,21)22/h2-9,11,16-17H,10H2,1H3,(H,24,25)(H2,23,26,27). The highest BCUT2D eigenvalue weighted by atomic mass is 32.2. The third-order valence-corrected chi connectivity index (χ3v) is 5.79. The van der Waals surface area contributed by atoms with Gasteiger partial charge in [-0.3, -0.25) is 4.79 Å². The van der Waals surface area contributed by atoms with Crippen molar-refractivity contribution in [1.29, 1.82) is 0 Å². The summed E-state index contributed by atoms with van der Waals surface area (Å²) in [4.78, 5) is 12.4. The predicted molar refractivity (Wildman–Crippen MR) is 96.7 cm³/mol. The Balaban J connectivity index is 1.60. The number of hydrogen-bond acceptors (Lipinski definition) is 3. The van der Waals surface area contributed by atoms with Crippen LogP contribution in [-0.2, 0) is 21.0 Å². The summed E-state index contributed by atoms with van der Waals surface area (Å²) in [6.45, 7) is 1.76. The summed E-state index contributed by atoms with van der Waals surface area (Å²) >= 11 is 0. The molecule has 28 heavy (non-hydrogen) atoms. The number of amides is 1. The van der Waals surface area contributed by atoms with Crippen LogP contribution in [-0.4, -0.2) is 14.3 Å². The van der Waals surface area contributed by atoms with Gasteiger partial charge >= 0.3 is 6.18 Å². The van der Waals surface area contributed by atoms with Crippen LogP contribution in [0.1, 0.15) is 42.0 Å². The van der Waals surface area contributed by atoms with E-state index < -0.39 is 21.8 Å². The molecule has 0 heterocycles. The van der Waals surface area contributed by atoms with Crippen LogP contribution in [0.4, 0.5) is 13.2 Å². The lowest BCUT2D eigenvalue weighted by Gasteiger charge is -2.15. The number of carbonyl (C=O) groups excluding carboxylic acids is 1. The van der Waals surface area contributed by atoms with Gasteiger partial charge in [-0.1, -0.05) is 24.3 Å². The zero-order chi connectivity index (χ0) is 20.7. The molecule has 1 aliphatic rings. The topological polar surface area (TPSA) is 89.3 Å². The van der Waals surface area contributed by atoms with Gasteiger partial charge in [-0.25, -0.2) is 13.6 Å². The van der Waals surface area contributed by atoms with Crippen LogP contribution < -0.4 is 10.5 Å². The second-order valence-corrected chi connectivity index (χ2v) is 8.47. The molecule has 3 N–H and O–H groups in total. The highest BCUT2D eigenvalue weighted by molar-refractivity contribution is 7.89. The highest BCUT2D eigenvalue weighted by Crippen LogP contribution is 2.48. The second-order valence-electron chi connectivity index (χ2n) is 6.91. The number of benzene rings is 2. The Labute approximate surface area is 160 Å². The van der Waals surface area contributed by atoms with Crippen molar-refractivity contribution in [2.75, 3.05) is 0 Å². The Morgan fingerprint density at radius 2 is 1.68 bits per heavy atom. The van der Waals surface area contributed by atoms with Crippen molar-refractivity contribution < 1.29 is 26.4 Å². The molecule has 1 fully saturated rings. The minimum Gasteiger partial charge on any atom is -0.349 e. The molecule has 0 radical (unpaired) electrons. The number of carbonyl (C=O) groups is 1. The van der Waals surface area contributed by atoms with Crippen molar-refractivity contribution in [1.82, 2.24) is 5.32 Å². The lowest BCUT2D eigenvalue weighted by molar-refractivity contribution is -0.137. The van der Waals surface area contributed by atoms with Crippen molar-refractivity contribution in [3.8, 4) is 0 Å². The first-order valence-electron chi connectivity index (χ1n) is 8.57. The molecule has 0 spiro atoms. The largest absolute Gasteiger partial charge is 0.416 e. The molecule has 1 saturated carbocycles. The first-order valence-corrected chi connectivity index (χ1v) is 10.1. The van der Waals surface area contributed by atoms with Crippen molar-refractivity contribution in [3.63, 3.8) is 0 Å². The average Bonchev–Trinajstić information content (AvgIpc) is 3.41. The molecular weight excluding hydrogens is 393 g/mol. The van der Waals surface area contributed by atoms with Gasteiger partial charge < -0.3 is 5.32 Å².